The third-order valence-electron chi connectivity index (χ3n) is 2.71. The van der Waals surface area contributed by atoms with Gasteiger partial charge < -0.3 is 15.7 Å². The van der Waals surface area contributed by atoms with Gasteiger partial charge in [0.2, 0.25) is 0 Å². The number of carbonyl (C=O) groups is 2. The quantitative estimate of drug-likeness (QED) is 0.760. The van der Waals surface area contributed by atoms with Crippen molar-refractivity contribution in [3.8, 4) is 0 Å². The summed E-state index contributed by atoms with van der Waals surface area (Å²) in [6.45, 7) is -0.242. The van der Waals surface area contributed by atoms with Gasteiger partial charge in [-0.25, -0.2) is 0 Å². The maximum absolute atomic E-state index is 12.1. The summed E-state index contributed by atoms with van der Waals surface area (Å²) in [6.07, 6.45) is 1.77. The average Bonchev–Trinajstić information content (AvgIpc) is 3.09. The summed E-state index contributed by atoms with van der Waals surface area (Å²) >= 11 is 0. The summed E-state index contributed by atoms with van der Waals surface area (Å²) in [5.41, 5.74) is 6.60. The molecule has 2 rings (SSSR count). The topological polar surface area (TPSA) is 83.6 Å². The first-order valence-corrected chi connectivity index (χ1v) is 5.46. The number of amides is 1. The van der Waals surface area contributed by atoms with Crippen LogP contribution < -0.4 is 5.73 Å². The van der Waals surface area contributed by atoms with E-state index in [9.17, 15) is 9.59 Å². The molecule has 0 aromatic heterocycles. The fraction of sp³-hybridized carbons (Fsp3) is 0.333. The van der Waals surface area contributed by atoms with Crippen molar-refractivity contribution in [2.45, 2.75) is 18.9 Å². The molecule has 17 heavy (non-hydrogen) atoms. The zero-order valence-corrected chi connectivity index (χ0v) is 9.30. The van der Waals surface area contributed by atoms with Crippen molar-refractivity contribution in [1.29, 1.82) is 0 Å². The van der Waals surface area contributed by atoms with E-state index in [0.29, 0.717) is 11.3 Å². The highest BCUT2D eigenvalue weighted by molar-refractivity contribution is 5.96. The maximum Gasteiger partial charge on any atom is 0.323 e. The number of carboxylic acids is 1. The monoisotopic (exact) mass is 234 g/mol. The normalized spacial score (nSPS) is 14.4. The smallest absolute Gasteiger partial charge is 0.323 e. The van der Waals surface area contributed by atoms with Crippen LogP contribution in [-0.2, 0) is 4.79 Å². The van der Waals surface area contributed by atoms with Crippen LogP contribution in [0.3, 0.4) is 0 Å². The van der Waals surface area contributed by atoms with E-state index >= 15 is 0 Å². The summed E-state index contributed by atoms with van der Waals surface area (Å²) in [4.78, 5) is 24.2. The molecule has 1 fully saturated rings. The Morgan fingerprint density at radius 1 is 1.29 bits per heavy atom. The van der Waals surface area contributed by atoms with Crippen molar-refractivity contribution in [1.82, 2.24) is 4.90 Å². The highest BCUT2D eigenvalue weighted by atomic mass is 16.4. The number of carboxylic acid groups (broad SMARTS) is 1. The molecule has 90 valence electrons. The van der Waals surface area contributed by atoms with Gasteiger partial charge in [0.25, 0.3) is 5.91 Å². The number of carbonyl (C=O) groups excluding carboxylic acids is 1. The number of nitrogens with zero attached hydrogens (tertiary/aromatic N) is 1. The predicted octanol–water partition coefficient (Wildman–Crippen LogP) is 0.958. The summed E-state index contributed by atoms with van der Waals surface area (Å²) < 4.78 is 0. The Kier molecular flexibility index (Phi) is 2.99. The zero-order valence-electron chi connectivity index (χ0n) is 9.30. The third-order valence-corrected chi connectivity index (χ3v) is 2.71. The lowest BCUT2D eigenvalue weighted by molar-refractivity contribution is -0.137. The Labute approximate surface area is 98.8 Å². The van der Waals surface area contributed by atoms with Crippen LogP contribution >= 0.6 is 0 Å². The second kappa shape index (κ2) is 4.45. The minimum atomic E-state index is -0.985. The molecule has 5 nitrogen and oxygen atoms in total. The Hall–Kier alpha value is -2.04. The largest absolute Gasteiger partial charge is 0.480 e. The van der Waals surface area contributed by atoms with Gasteiger partial charge in [0.15, 0.2) is 0 Å². The molecule has 5 heteroatoms. The van der Waals surface area contributed by atoms with Gasteiger partial charge in [-0.05, 0) is 37.1 Å². The van der Waals surface area contributed by atoms with Crippen LogP contribution in [0.4, 0.5) is 5.69 Å². The van der Waals surface area contributed by atoms with Crippen LogP contribution in [0.25, 0.3) is 0 Å². The Morgan fingerprint density at radius 2 is 1.88 bits per heavy atom. The summed E-state index contributed by atoms with van der Waals surface area (Å²) in [5, 5.41) is 8.79. The van der Waals surface area contributed by atoms with Gasteiger partial charge in [-0.2, -0.15) is 0 Å². The first-order valence-electron chi connectivity index (χ1n) is 5.46. The van der Waals surface area contributed by atoms with E-state index in [4.69, 9.17) is 10.8 Å². The van der Waals surface area contributed by atoms with Crippen LogP contribution in [-0.4, -0.2) is 34.5 Å². The van der Waals surface area contributed by atoms with Gasteiger partial charge in [-0.1, -0.05) is 0 Å². The second-order valence-electron chi connectivity index (χ2n) is 4.18. The van der Waals surface area contributed by atoms with Crippen LogP contribution in [0.2, 0.25) is 0 Å². The van der Waals surface area contributed by atoms with Crippen LogP contribution in [0.1, 0.15) is 23.2 Å². The molecule has 1 aliphatic carbocycles. The van der Waals surface area contributed by atoms with Crippen molar-refractivity contribution in [3.05, 3.63) is 29.8 Å². The van der Waals surface area contributed by atoms with Gasteiger partial charge in [0, 0.05) is 17.3 Å². The molecule has 0 aliphatic heterocycles. The molecule has 1 aromatic rings. The molecule has 0 radical (unpaired) electrons. The first kappa shape index (κ1) is 11.4. The van der Waals surface area contributed by atoms with Crippen molar-refractivity contribution < 1.29 is 14.7 Å². The Bertz CT molecular complexity index is 438. The maximum atomic E-state index is 12.1. The van der Waals surface area contributed by atoms with Crippen LogP contribution in [0, 0.1) is 0 Å². The van der Waals surface area contributed by atoms with E-state index in [0.717, 1.165) is 12.8 Å². The molecular formula is C12H14N2O3. The van der Waals surface area contributed by atoms with Crippen LogP contribution in [0.5, 0.6) is 0 Å². The number of nitrogens with two attached hydrogens (primary N) is 1. The molecule has 1 saturated carbocycles. The van der Waals surface area contributed by atoms with Crippen molar-refractivity contribution in [3.63, 3.8) is 0 Å². The Morgan fingerprint density at radius 3 is 2.35 bits per heavy atom. The number of hydrogen-bond acceptors (Lipinski definition) is 3. The molecule has 1 aromatic carbocycles. The number of benzene rings is 1. The molecular weight excluding hydrogens is 220 g/mol. The summed E-state index contributed by atoms with van der Waals surface area (Å²) in [6, 6.07) is 6.60. The van der Waals surface area contributed by atoms with E-state index in [1.807, 2.05) is 0 Å². The van der Waals surface area contributed by atoms with Crippen molar-refractivity contribution >= 4 is 17.6 Å². The fourth-order valence-electron chi connectivity index (χ4n) is 1.69. The SMILES string of the molecule is Nc1ccc(C(=O)N(CC(=O)O)C2CC2)cc1. The highest BCUT2D eigenvalue weighted by Crippen LogP contribution is 2.28. The van der Waals surface area contributed by atoms with Gasteiger partial charge in [-0.3, -0.25) is 9.59 Å². The minimum absolute atomic E-state index is 0.0798. The minimum Gasteiger partial charge on any atom is -0.480 e. The molecule has 1 amide bonds. The van der Waals surface area contributed by atoms with E-state index in [1.54, 1.807) is 24.3 Å². The lowest BCUT2D eigenvalue weighted by atomic mass is 10.2. The first-order chi connectivity index (χ1) is 8.08. The highest BCUT2D eigenvalue weighted by Gasteiger charge is 2.34. The Balaban J connectivity index is 2.15. The van der Waals surface area contributed by atoms with E-state index in [-0.39, 0.29) is 18.5 Å². The number of hydrogen-bond donors (Lipinski definition) is 2. The number of aliphatic carboxylic acids is 1. The van der Waals surface area contributed by atoms with Gasteiger partial charge in [0.1, 0.15) is 6.54 Å². The predicted molar refractivity (Wildman–Crippen MR) is 62.5 cm³/mol. The molecule has 0 saturated heterocycles. The van der Waals surface area contributed by atoms with Gasteiger partial charge in [0.05, 0.1) is 0 Å². The van der Waals surface area contributed by atoms with E-state index in [1.165, 1.54) is 4.90 Å². The zero-order chi connectivity index (χ0) is 12.4. The fourth-order valence-corrected chi connectivity index (χ4v) is 1.69. The van der Waals surface area contributed by atoms with Gasteiger partial charge in [-0.15, -0.1) is 0 Å². The van der Waals surface area contributed by atoms with E-state index < -0.39 is 5.97 Å². The molecule has 0 bridgehead atoms. The van der Waals surface area contributed by atoms with Gasteiger partial charge >= 0.3 is 5.97 Å². The molecule has 0 atom stereocenters. The summed E-state index contributed by atoms with van der Waals surface area (Å²) in [5.74, 6) is -1.23. The molecule has 0 unspecified atom stereocenters. The third kappa shape index (κ3) is 2.75. The molecule has 0 spiro atoms. The second-order valence-corrected chi connectivity index (χ2v) is 4.18. The number of rotatable bonds is 4. The lowest BCUT2D eigenvalue weighted by Gasteiger charge is -2.20. The molecule has 0 heterocycles. The average molecular weight is 234 g/mol. The van der Waals surface area contributed by atoms with Crippen molar-refractivity contribution in [2.24, 2.45) is 0 Å². The number of anilines is 1. The molecule has 3 N–H and O–H groups in total. The van der Waals surface area contributed by atoms with Crippen molar-refractivity contribution in [2.75, 3.05) is 12.3 Å². The standard InChI is InChI=1S/C12H14N2O3/c13-9-3-1-8(2-4-9)12(17)14(7-11(15)16)10-5-6-10/h1-4,10H,5-7,13H2,(H,15,16). The number of nitrogen functional groups attached to an aromatic ring is 1. The van der Waals surface area contributed by atoms with Crippen LogP contribution in [0.15, 0.2) is 24.3 Å². The van der Waals surface area contributed by atoms with E-state index in [2.05, 4.69) is 0 Å². The summed E-state index contributed by atoms with van der Waals surface area (Å²) in [7, 11) is 0. The molecule has 1 aliphatic rings. The lowest BCUT2D eigenvalue weighted by Crippen LogP contribution is -2.37.